The van der Waals surface area contributed by atoms with Crippen molar-refractivity contribution in [2.45, 2.75) is 89.3 Å². The SMILES string of the molecule is CCCC[C@H](N)CCC[C@H](CC[C@@H]([N-]c1ccc[nH]1)/C(=C/C(=O)O)[C@@H]1CCN=C(N)N1)Cc1ccc([O-])nc1. The number of carbonyl (C=O) groups is 1. The van der Waals surface area contributed by atoms with Crippen LogP contribution in [-0.4, -0.2) is 51.7 Å². The fraction of sp³-hybridized carbons (Fsp3) is 0.552. The number of rotatable bonds is 17. The smallest absolute Gasteiger partial charge is 0.328 e. The number of aromatic amines is 1. The zero-order valence-electron chi connectivity index (χ0n) is 22.9. The fourth-order valence-electron chi connectivity index (χ4n) is 5.19. The van der Waals surface area contributed by atoms with Crippen LogP contribution in [0, 0.1) is 5.92 Å². The Bertz CT molecular complexity index is 1050. The maximum Gasteiger partial charge on any atom is 0.328 e. The van der Waals surface area contributed by atoms with Crippen LogP contribution in [0.4, 0.5) is 5.82 Å². The van der Waals surface area contributed by atoms with E-state index in [1.807, 2.05) is 18.2 Å². The van der Waals surface area contributed by atoms with Crippen LogP contribution in [0.2, 0.25) is 0 Å². The highest BCUT2D eigenvalue weighted by molar-refractivity contribution is 5.83. The molecular weight excluding hydrogens is 494 g/mol. The number of unbranched alkanes of at least 4 members (excludes halogenated alkanes) is 1. The van der Waals surface area contributed by atoms with E-state index in [0.717, 1.165) is 56.9 Å². The molecule has 0 saturated carbocycles. The van der Waals surface area contributed by atoms with Crippen molar-refractivity contribution in [1.29, 1.82) is 0 Å². The summed E-state index contributed by atoms with van der Waals surface area (Å²) in [5.74, 6) is 0.0606. The highest BCUT2D eigenvalue weighted by Crippen LogP contribution is 2.32. The minimum Gasteiger partial charge on any atom is -0.859 e. The lowest BCUT2D eigenvalue weighted by Gasteiger charge is -2.35. The molecule has 1 aliphatic heterocycles. The van der Waals surface area contributed by atoms with Crippen LogP contribution in [-0.2, 0) is 11.2 Å². The summed E-state index contributed by atoms with van der Waals surface area (Å²) in [5.41, 5.74) is 14.0. The average Bonchev–Trinajstić information content (AvgIpc) is 3.42. The third-order valence-corrected chi connectivity index (χ3v) is 7.26. The Hall–Kier alpha value is -3.53. The van der Waals surface area contributed by atoms with E-state index in [1.54, 1.807) is 12.4 Å². The molecule has 7 N–H and O–H groups in total. The number of aliphatic imine (C=N–C) groups is 1. The van der Waals surface area contributed by atoms with Crippen molar-refractivity contribution in [1.82, 2.24) is 15.3 Å². The Balaban J connectivity index is 1.77. The number of aromatic nitrogens is 2. The molecule has 39 heavy (non-hydrogen) atoms. The molecule has 0 fully saturated rings. The quantitative estimate of drug-likeness (QED) is 0.190. The summed E-state index contributed by atoms with van der Waals surface area (Å²) in [5, 5.41) is 29.3. The van der Waals surface area contributed by atoms with Gasteiger partial charge in [0.25, 0.3) is 0 Å². The van der Waals surface area contributed by atoms with Crippen molar-refractivity contribution in [2.24, 2.45) is 22.4 Å². The molecule has 10 heteroatoms. The van der Waals surface area contributed by atoms with Crippen molar-refractivity contribution in [3.05, 3.63) is 59.2 Å². The van der Waals surface area contributed by atoms with E-state index in [0.29, 0.717) is 42.7 Å². The predicted octanol–water partition coefficient (Wildman–Crippen LogP) is 3.87. The largest absolute Gasteiger partial charge is 0.859 e. The molecule has 0 aliphatic carbocycles. The number of guanidine groups is 1. The second kappa shape index (κ2) is 15.8. The lowest BCUT2D eigenvalue weighted by molar-refractivity contribution is -0.275. The van der Waals surface area contributed by atoms with Crippen LogP contribution in [0.1, 0.15) is 70.3 Å². The zero-order chi connectivity index (χ0) is 28.0. The molecule has 214 valence electrons. The Morgan fingerprint density at radius 3 is 2.72 bits per heavy atom. The number of hydrogen-bond donors (Lipinski definition) is 5. The molecule has 0 unspecified atom stereocenters. The van der Waals surface area contributed by atoms with E-state index in [2.05, 4.69) is 27.2 Å². The predicted molar refractivity (Wildman–Crippen MR) is 153 cm³/mol. The summed E-state index contributed by atoms with van der Waals surface area (Å²) in [6, 6.07) is 6.69. The van der Waals surface area contributed by atoms with Gasteiger partial charge in [0.2, 0.25) is 0 Å². The number of carboxylic acid groups (broad SMARTS) is 1. The molecular formula is C29H43N7O3-2. The van der Waals surface area contributed by atoms with E-state index < -0.39 is 5.97 Å². The number of nitrogens with one attached hydrogen (secondary N) is 2. The standard InChI is InChI=1S/C29H44N7O3/c1-2-3-7-22(30)8-4-6-20(17-21-11-13-27(37)34-19-21)10-12-24(35-26-9-5-15-32-26)23(18-28(38)39)25-14-16-33-29(31)36-25/h5,9,11,13,15,18-20,22,24-25,32H,2-4,6-8,10,12,14,16-17,30H2,1H3,(H,34,37)(H,38,39)(H3,31,33,36)/q-1/p-1/b23-18-/t20-,22+,24-,25+/m1/s1. The number of nitrogens with two attached hydrogens (primary N) is 2. The molecule has 0 bridgehead atoms. The third kappa shape index (κ3) is 10.6. The fourth-order valence-corrected chi connectivity index (χ4v) is 5.19. The highest BCUT2D eigenvalue weighted by atomic mass is 16.4. The number of carboxylic acids is 1. The maximum atomic E-state index is 11.9. The lowest BCUT2D eigenvalue weighted by Crippen LogP contribution is -2.46. The van der Waals surface area contributed by atoms with Crippen LogP contribution in [0.3, 0.4) is 0 Å². The van der Waals surface area contributed by atoms with Crippen molar-refractivity contribution in [3.8, 4) is 5.88 Å². The van der Waals surface area contributed by atoms with Gasteiger partial charge in [0.05, 0.1) is 6.04 Å². The molecule has 2 aromatic rings. The summed E-state index contributed by atoms with van der Waals surface area (Å²) in [6.45, 7) is 2.70. The van der Waals surface area contributed by atoms with Gasteiger partial charge in [-0.1, -0.05) is 68.9 Å². The van der Waals surface area contributed by atoms with Gasteiger partial charge in [-0.05, 0) is 67.5 Å². The molecule has 10 nitrogen and oxygen atoms in total. The number of aliphatic carboxylic acids is 1. The Morgan fingerprint density at radius 2 is 2.05 bits per heavy atom. The van der Waals surface area contributed by atoms with Crippen LogP contribution < -0.4 is 21.9 Å². The topological polar surface area (TPSA) is 180 Å². The molecule has 2 aromatic heterocycles. The number of hydrogen-bond acceptors (Lipinski definition) is 7. The molecule has 0 radical (unpaired) electrons. The maximum absolute atomic E-state index is 11.9. The van der Waals surface area contributed by atoms with Gasteiger partial charge >= 0.3 is 5.97 Å². The first-order valence-electron chi connectivity index (χ1n) is 14.1. The minimum absolute atomic E-state index is 0.206. The zero-order valence-corrected chi connectivity index (χ0v) is 22.9. The normalized spacial score (nSPS) is 18.1. The van der Waals surface area contributed by atoms with Crippen molar-refractivity contribution in [3.63, 3.8) is 0 Å². The van der Waals surface area contributed by atoms with Crippen LogP contribution in [0.25, 0.3) is 5.32 Å². The lowest BCUT2D eigenvalue weighted by atomic mass is 9.85. The van der Waals surface area contributed by atoms with Gasteiger partial charge in [0.15, 0.2) is 5.96 Å². The molecule has 3 heterocycles. The number of pyridine rings is 1. The third-order valence-electron chi connectivity index (χ3n) is 7.26. The van der Waals surface area contributed by atoms with Gasteiger partial charge in [-0.2, -0.15) is 0 Å². The van der Waals surface area contributed by atoms with Gasteiger partial charge in [0.1, 0.15) is 0 Å². The van der Waals surface area contributed by atoms with Gasteiger partial charge in [-0.25, -0.2) is 4.79 Å². The first-order chi connectivity index (χ1) is 18.8. The van der Waals surface area contributed by atoms with Gasteiger partial charge < -0.3 is 37.3 Å². The summed E-state index contributed by atoms with van der Waals surface area (Å²) in [7, 11) is 0. The van der Waals surface area contributed by atoms with Crippen molar-refractivity contribution in [2.75, 3.05) is 6.54 Å². The second-order valence-electron chi connectivity index (χ2n) is 10.4. The summed E-state index contributed by atoms with van der Waals surface area (Å²) < 4.78 is 0. The average molecular weight is 538 g/mol. The molecule has 4 atom stereocenters. The van der Waals surface area contributed by atoms with Crippen LogP contribution >= 0.6 is 0 Å². The first-order valence-corrected chi connectivity index (χ1v) is 14.1. The van der Waals surface area contributed by atoms with Crippen molar-refractivity contribution < 1.29 is 15.0 Å². The first kappa shape index (κ1) is 30.0. The summed E-state index contributed by atoms with van der Waals surface area (Å²) in [6.07, 6.45) is 13.9. The van der Waals surface area contributed by atoms with Gasteiger partial charge in [0, 0.05) is 24.9 Å². The van der Waals surface area contributed by atoms with E-state index >= 15 is 0 Å². The number of nitrogens with zero attached hydrogens (tertiary/aromatic N) is 3. The second-order valence-corrected chi connectivity index (χ2v) is 10.4. The summed E-state index contributed by atoms with van der Waals surface area (Å²) >= 11 is 0. The molecule has 0 amide bonds. The van der Waals surface area contributed by atoms with Crippen molar-refractivity contribution >= 4 is 17.7 Å². The molecule has 0 aromatic carbocycles. The Kier molecular flexibility index (Phi) is 12.1. The summed E-state index contributed by atoms with van der Waals surface area (Å²) in [4.78, 5) is 23.1. The number of H-pyrrole nitrogens is 1. The van der Waals surface area contributed by atoms with E-state index in [9.17, 15) is 15.0 Å². The van der Waals surface area contributed by atoms with Crippen LogP contribution in [0.15, 0.2) is 53.3 Å². The van der Waals surface area contributed by atoms with Gasteiger partial charge in [-0.15, -0.1) is 0 Å². The molecule has 0 saturated heterocycles. The molecule has 0 spiro atoms. The monoisotopic (exact) mass is 537 g/mol. The minimum atomic E-state index is -1.01. The van der Waals surface area contributed by atoms with Gasteiger partial charge in [-0.3, -0.25) is 9.98 Å². The van der Waals surface area contributed by atoms with E-state index in [4.69, 9.17) is 16.8 Å². The van der Waals surface area contributed by atoms with Crippen LogP contribution in [0.5, 0.6) is 5.88 Å². The molecule has 3 rings (SSSR count). The Morgan fingerprint density at radius 1 is 1.23 bits per heavy atom. The Labute approximate surface area is 231 Å². The highest BCUT2D eigenvalue weighted by Gasteiger charge is 2.25. The molecule has 1 aliphatic rings. The van der Waals surface area contributed by atoms with E-state index in [-0.39, 0.29) is 24.0 Å². The van der Waals surface area contributed by atoms with E-state index in [1.165, 1.54) is 12.1 Å².